The molecule has 3 nitrogen and oxygen atoms in total. The van der Waals surface area contributed by atoms with Crippen molar-refractivity contribution < 1.29 is 4.74 Å². The fourth-order valence-corrected chi connectivity index (χ4v) is 3.41. The van der Waals surface area contributed by atoms with Gasteiger partial charge in [0.25, 0.3) is 0 Å². The van der Waals surface area contributed by atoms with Gasteiger partial charge in [-0.25, -0.2) is 0 Å². The first-order chi connectivity index (χ1) is 9.87. The van der Waals surface area contributed by atoms with Crippen molar-refractivity contribution in [2.24, 2.45) is 5.73 Å². The highest BCUT2D eigenvalue weighted by atomic mass is 16.5. The van der Waals surface area contributed by atoms with Crippen molar-refractivity contribution in [1.82, 2.24) is 4.90 Å². The first kappa shape index (κ1) is 16.3. The minimum atomic E-state index is -0.0216. The molecule has 1 atom stereocenters. The maximum absolute atomic E-state index is 6.68. The third kappa shape index (κ3) is 3.24. The Morgan fingerprint density at radius 2 is 1.71 bits per heavy atom. The Morgan fingerprint density at radius 1 is 1.10 bits per heavy atom. The molecule has 2 rings (SSSR count). The van der Waals surface area contributed by atoms with Crippen molar-refractivity contribution in [3.05, 3.63) is 28.8 Å². The van der Waals surface area contributed by atoms with E-state index in [4.69, 9.17) is 10.5 Å². The van der Waals surface area contributed by atoms with Crippen LogP contribution in [-0.2, 0) is 0 Å². The van der Waals surface area contributed by atoms with E-state index >= 15 is 0 Å². The van der Waals surface area contributed by atoms with Crippen molar-refractivity contribution in [3.8, 4) is 5.75 Å². The number of nitrogens with two attached hydrogens (primary N) is 1. The third-order valence-electron chi connectivity index (χ3n) is 5.05. The summed E-state index contributed by atoms with van der Waals surface area (Å²) in [5, 5.41) is 0. The number of piperidine rings is 1. The summed E-state index contributed by atoms with van der Waals surface area (Å²) in [6.07, 6.45) is 3.93. The molecule has 1 heterocycles. The van der Waals surface area contributed by atoms with Crippen LogP contribution in [0.15, 0.2) is 12.1 Å². The average molecular weight is 290 g/mol. The summed E-state index contributed by atoms with van der Waals surface area (Å²) >= 11 is 0. The molecule has 0 bridgehead atoms. The second-order valence-electron chi connectivity index (χ2n) is 6.86. The van der Waals surface area contributed by atoms with E-state index in [0.717, 1.165) is 24.4 Å². The van der Waals surface area contributed by atoms with Gasteiger partial charge in [0.1, 0.15) is 5.75 Å². The van der Waals surface area contributed by atoms with Gasteiger partial charge in [-0.15, -0.1) is 0 Å². The highest BCUT2D eigenvalue weighted by Crippen LogP contribution is 2.35. The van der Waals surface area contributed by atoms with Gasteiger partial charge >= 0.3 is 0 Å². The summed E-state index contributed by atoms with van der Waals surface area (Å²) in [5.74, 6) is 0.944. The van der Waals surface area contributed by atoms with Crippen LogP contribution in [0.5, 0.6) is 5.75 Å². The van der Waals surface area contributed by atoms with Crippen LogP contribution in [0.25, 0.3) is 0 Å². The Hall–Kier alpha value is -1.06. The summed E-state index contributed by atoms with van der Waals surface area (Å²) in [5.41, 5.74) is 10.3. The molecule has 0 saturated carbocycles. The van der Waals surface area contributed by atoms with Gasteiger partial charge in [0.05, 0.1) is 7.11 Å². The average Bonchev–Trinajstić information content (AvgIpc) is 2.49. The van der Waals surface area contributed by atoms with Crippen molar-refractivity contribution in [2.75, 3.05) is 20.2 Å². The number of rotatable bonds is 4. The van der Waals surface area contributed by atoms with Gasteiger partial charge < -0.3 is 10.5 Å². The standard InChI is InChI=1S/C18H30N2O/c1-13-12-16(21-5)14(2)11-15(13)17(19)18(3,4)20-9-7-6-8-10-20/h11-12,17H,6-10,19H2,1-5H3. The molecule has 1 aromatic carbocycles. The number of likely N-dealkylation sites (tertiary alicyclic amines) is 1. The smallest absolute Gasteiger partial charge is 0.122 e. The first-order valence-corrected chi connectivity index (χ1v) is 8.03. The van der Waals surface area contributed by atoms with Gasteiger partial charge in [0, 0.05) is 11.6 Å². The molecule has 1 aliphatic rings. The van der Waals surface area contributed by atoms with E-state index in [1.54, 1.807) is 7.11 Å². The zero-order chi connectivity index (χ0) is 15.6. The zero-order valence-corrected chi connectivity index (χ0v) is 14.2. The fraction of sp³-hybridized carbons (Fsp3) is 0.667. The van der Waals surface area contributed by atoms with Crippen LogP contribution in [-0.4, -0.2) is 30.6 Å². The lowest BCUT2D eigenvalue weighted by atomic mass is 9.84. The van der Waals surface area contributed by atoms with E-state index in [9.17, 15) is 0 Å². The largest absolute Gasteiger partial charge is 0.496 e. The maximum atomic E-state index is 6.68. The lowest BCUT2D eigenvalue weighted by molar-refractivity contribution is 0.0728. The predicted octanol–water partition coefficient (Wildman–Crippen LogP) is 3.58. The molecular weight excluding hydrogens is 260 g/mol. The molecule has 0 spiro atoms. The highest BCUT2D eigenvalue weighted by Gasteiger charge is 2.35. The Bertz CT molecular complexity index is 490. The number of nitrogens with zero attached hydrogens (tertiary/aromatic N) is 1. The van der Waals surface area contributed by atoms with Gasteiger partial charge in [-0.2, -0.15) is 0 Å². The molecule has 0 aliphatic carbocycles. The summed E-state index contributed by atoms with van der Waals surface area (Å²) < 4.78 is 5.41. The van der Waals surface area contributed by atoms with E-state index in [1.807, 2.05) is 0 Å². The number of hydrogen-bond acceptors (Lipinski definition) is 3. The number of benzene rings is 1. The van der Waals surface area contributed by atoms with Crippen molar-refractivity contribution in [3.63, 3.8) is 0 Å². The van der Waals surface area contributed by atoms with Gasteiger partial charge in [0.2, 0.25) is 0 Å². The summed E-state index contributed by atoms with van der Waals surface area (Å²) in [6, 6.07) is 4.32. The molecule has 2 N–H and O–H groups in total. The Labute approximate surface area is 129 Å². The second-order valence-corrected chi connectivity index (χ2v) is 6.86. The number of hydrogen-bond donors (Lipinski definition) is 1. The highest BCUT2D eigenvalue weighted by molar-refractivity contribution is 5.43. The minimum Gasteiger partial charge on any atom is -0.496 e. The Morgan fingerprint density at radius 3 is 2.29 bits per heavy atom. The third-order valence-corrected chi connectivity index (χ3v) is 5.05. The quantitative estimate of drug-likeness (QED) is 0.921. The van der Waals surface area contributed by atoms with Crippen molar-refractivity contribution in [1.29, 1.82) is 0 Å². The lowest BCUT2D eigenvalue weighted by Crippen LogP contribution is -2.53. The molecule has 1 saturated heterocycles. The van der Waals surface area contributed by atoms with Crippen molar-refractivity contribution in [2.45, 2.75) is 58.5 Å². The van der Waals surface area contributed by atoms with Crippen LogP contribution in [0, 0.1) is 13.8 Å². The molecule has 1 aromatic rings. The molecule has 21 heavy (non-hydrogen) atoms. The molecular formula is C18H30N2O. The van der Waals surface area contributed by atoms with E-state index in [1.165, 1.54) is 30.4 Å². The van der Waals surface area contributed by atoms with Crippen LogP contribution >= 0.6 is 0 Å². The van der Waals surface area contributed by atoms with Crippen LogP contribution in [0.2, 0.25) is 0 Å². The summed E-state index contributed by atoms with van der Waals surface area (Å²) in [6.45, 7) is 11.1. The van der Waals surface area contributed by atoms with Crippen LogP contribution in [0.4, 0.5) is 0 Å². The number of methoxy groups -OCH3 is 1. The fourth-order valence-electron chi connectivity index (χ4n) is 3.41. The molecule has 0 aromatic heterocycles. The number of ether oxygens (including phenoxy) is 1. The van der Waals surface area contributed by atoms with Gasteiger partial charge in [-0.1, -0.05) is 12.5 Å². The molecule has 1 fully saturated rings. The molecule has 3 heteroatoms. The minimum absolute atomic E-state index is 0.0141. The van der Waals surface area contributed by atoms with Gasteiger partial charge in [0.15, 0.2) is 0 Å². The Balaban J connectivity index is 2.29. The maximum Gasteiger partial charge on any atom is 0.122 e. The van der Waals surface area contributed by atoms with Crippen LogP contribution < -0.4 is 10.5 Å². The zero-order valence-electron chi connectivity index (χ0n) is 14.2. The SMILES string of the molecule is COc1cc(C)c(C(N)C(C)(C)N2CCCCC2)cc1C. The molecule has 0 amide bonds. The predicted molar refractivity (Wildman–Crippen MR) is 88.9 cm³/mol. The van der Waals surface area contributed by atoms with E-state index < -0.39 is 0 Å². The van der Waals surface area contributed by atoms with Crippen LogP contribution in [0.1, 0.15) is 55.8 Å². The van der Waals surface area contributed by atoms with Gasteiger partial charge in [-0.05, 0) is 76.4 Å². The summed E-state index contributed by atoms with van der Waals surface area (Å²) in [7, 11) is 1.72. The molecule has 118 valence electrons. The van der Waals surface area contributed by atoms with Crippen molar-refractivity contribution >= 4 is 0 Å². The van der Waals surface area contributed by atoms with Crippen LogP contribution in [0.3, 0.4) is 0 Å². The first-order valence-electron chi connectivity index (χ1n) is 8.03. The van der Waals surface area contributed by atoms with Gasteiger partial charge in [-0.3, -0.25) is 4.90 Å². The monoisotopic (exact) mass is 290 g/mol. The molecule has 1 aliphatic heterocycles. The Kier molecular flexibility index (Phi) is 4.95. The lowest BCUT2D eigenvalue weighted by Gasteiger charge is -2.45. The summed E-state index contributed by atoms with van der Waals surface area (Å²) in [4.78, 5) is 2.56. The van der Waals surface area contributed by atoms with E-state index in [-0.39, 0.29) is 11.6 Å². The second kappa shape index (κ2) is 6.37. The van der Waals surface area contributed by atoms with E-state index in [0.29, 0.717) is 0 Å². The van der Waals surface area contributed by atoms with E-state index in [2.05, 4.69) is 44.7 Å². The normalized spacial score (nSPS) is 18.6. The number of aryl methyl sites for hydroxylation is 2. The topological polar surface area (TPSA) is 38.5 Å². The molecule has 0 radical (unpaired) electrons. The molecule has 1 unspecified atom stereocenters.